The minimum Gasteiger partial charge on any atom is -0.491 e. The molecule has 0 radical (unpaired) electrons. The quantitative estimate of drug-likeness (QED) is 0.439. The molecule has 0 aliphatic carbocycles. The molecule has 5 heteroatoms. The van der Waals surface area contributed by atoms with E-state index in [0.29, 0.717) is 5.75 Å². The van der Waals surface area contributed by atoms with Crippen LogP contribution in [0.1, 0.15) is 0 Å². The number of hydrogen-bond acceptors (Lipinski definition) is 3. The van der Waals surface area contributed by atoms with Crippen LogP contribution < -0.4 is 4.74 Å². The van der Waals surface area contributed by atoms with E-state index in [0.717, 1.165) is 0 Å². The van der Waals surface area contributed by atoms with Crippen molar-refractivity contribution in [1.82, 2.24) is 0 Å². The maximum Gasteiger partial charge on any atom is 0.119 e. The lowest BCUT2D eigenvalue weighted by Crippen LogP contribution is -2.20. The van der Waals surface area contributed by atoms with Crippen LogP contribution in [0.2, 0.25) is 0 Å². The SMILES string of the molecule is [N-]=[N+]=NC[C@@H](O)COc1ccccc1. The van der Waals surface area contributed by atoms with Crippen molar-refractivity contribution in [1.29, 1.82) is 0 Å². The number of ether oxygens (including phenoxy) is 1. The van der Waals surface area contributed by atoms with Gasteiger partial charge in [0.2, 0.25) is 0 Å². The molecule has 0 unspecified atom stereocenters. The van der Waals surface area contributed by atoms with Crippen LogP contribution in [0.3, 0.4) is 0 Å². The number of para-hydroxylation sites is 1. The fourth-order valence-corrected chi connectivity index (χ4v) is 0.893. The fourth-order valence-electron chi connectivity index (χ4n) is 0.893. The molecule has 0 aromatic heterocycles. The van der Waals surface area contributed by atoms with Crippen molar-refractivity contribution in [3.8, 4) is 5.75 Å². The molecule has 0 saturated heterocycles. The minimum absolute atomic E-state index is 0.0311. The summed E-state index contributed by atoms with van der Waals surface area (Å²) in [6.45, 7) is 0.159. The van der Waals surface area contributed by atoms with E-state index >= 15 is 0 Å². The molecule has 0 saturated carbocycles. The molecule has 1 aromatic carbocycles. The normalized spacial score (nSPS) is 11.5. The van der Waals surface area contributed by atoms with Gasteiger partial charge in [-0.2, -0.15) is 0 Å². The van der Waals surface area contributed by atoms with E-state index in [2.05, 4.69) is 10.0 Å². The predicted octanol–water partition coefficient (Wildman–Crippen LogP) is 1.74. The molecule has 5 nitrogen and oxygen atoms in total. The Kier molecular flexibility index (Phi) is 4.34. The molecule has 0 fully saturated rings. The maximum atomic E-state index is 9.25. The van der Waals surface area contributed by atoms with E-state index in [-0.39, 0.29) is 13.2 Å². The number of nitrogens with zero attached hydrogens (tertiary/aromatic N) is 3. The van der Waals surface area contributed by atoms with Crippen molar-refractivity contribution >= 4 is 0 Å². The summed E-state index contributed by atoms with van der Waals surface area (Å²) in [4.78, 5) is 2.54. The number of benzene rings is 1. The summed E-state index contributed by atoms with van der Waals surface area (Å²) in [5.74, 6) is 0.687. The first kappa shape index (κ1) is 10.4. The van der Waals surface area contributed by atoms with Gasteiger partial charge in [-0.25, -0.2) is 0 Å². The monoisotopic (exact) mass is 193 g/mol. The average molecular weight is 193 g/mol. The van der Waals surface area contributed by atoms with Crippen molar-refractivity contribution in [3.63, 3.8) is 0 Å². The highest BCUT2D eigenvalue weighted by Gasteiger charge is 2.02. The molecule has 1 aromatic rings. The molecular formula is C9H11N3O2. The Bertz CT molecular complexity index is 309. The Labute approximate surface area is 81.6 Å². The number of hydrogen-bond donors (Lipinski definition) is 1. The summed E-state index contributed by atoms with van der Waals surface area (Å²) in [5.41, 5.74) is 8.01. The average Bonchev–Trinajstić information content (AvgIpc) is 2.25. The lowest BCUT2D eigenvalue weighted by molar-refractivity contribution is 0.114. The van der Waals surface area contributed by atoms with Crippen molar-refractivity contribution < 1.29 is 9.84 Å². The highest BCUT2D eigenvalue weighted by atomic mass is 16.5. The molecular weight excluding hydrogens is 182 g/mol. The first-order chi connectivity index (χ1) is 6.83. The van der Waals surface area contributed by atoms with Crippen LogP contribution in [-0.4, -0.2) is 24.4 Å². The van der Waals surface area contributed by atoms with Crippen molar-refractivity contribution in [2.45, 2.75) is 6.10 Å². The highest BCUT2D eigenvalue weighted by Crippen LogP contribution is 2.08. The van der Waals surface area contributed by atoms with E-state index in [1.807, 2.05) is 18.2 Å². The van der Waals surface area contributed by atoms with Crippen molar-refractivity contribution in [2.75, 3.05) is 13.2 Å². The second-order valence-corrected chi connectivity index (χ2v) is 2.69. The van der Waals surface area contributed by atoms with Gasteiger partial charge >= 0.3 is 0 Å². The Morgan fingerprint density at radius 2 is 2.14 bits per heavy atom. The smallest absolute Gasteiger partial charge is 0.119 e. The van der Waals surface area contributed by atoms with E-state index in [1.54, 1.807) is 12.1 Å². The van der Waals surface area contributed by atoms with Crippen LogP contribution in [0, 0.1) is 0 Å². The van der Waals surface area contributed by atoms with Gasteiger partial charge in [0.25, 0.3) is 0 Å². The lowest BCUT2D eigenvalue weighted by Gasteiger charge is -2.09. The standard InChI is InChI=1S/C9H11N3O2/c10-12-11-6-8(13)7-14-9-4-2-1-3-5-9/h1-5,8,13H,6-7H2/t8-/m1/s1. The lowest BCUT2D eigenvalue weighted by atomic mass is 10.3. The van der Waals surface area contributed by atoms with Gasteiger partial charge in [0.15, 0.2) is 0 Å². The third kappa shape index (κ3) is 3.80. The van der Waals surface area contributed by atoms with Gasteiger partial charge < -0.3 is 9.84 Å². The summed E-state index contributed by atoms with van der Waals surface area (Å²) in [5, 5.41) is 12.5. The van der Waals surface area contributed by atoms with Gasteiger partial charge in [-0.15, -0.1) is 0 Å². The molecule has 14 heavy (non-hydrogen) atoms. The Hall–Kier alpha value is -1.71. The number of azide groups is 1. The molecule has 0 bridgehead atoms. The van der Waals surface area contributed by atoms with Gasteiger partial charge in [0, 0.05) is 4.91 Å². The van der Waals surface area contributed by atoms with Gasteiger partial charge in [-0.05, 0) is 17.7 Å². The first-order valence-electron chi connectivity index (χ1n) is 4.19. The molecule has 0 amide bonds. The Balaban J connectivity index is 2.30. The zero-order valence-electron chi connectivity index (χ0n) is 7.58. The zero-order chi connectivity index (χ0) is 10.2. The van der Waals surface area contributed by atoms with Crippen LogP contribution in [0.5, 0.6) is 5.75 Å². The largest absolute Gasteiger partial charge is 0.491 e. The third-order valence-electron chi connectivity index (χ3n) is 1.54. The molecule has 1 rings (SSSR count). The number of rotatable bonds is 5. The van der Waals surface area contributed by atoms with Gasteiger partial charge in [-0.1, -0.05) is 23.3 Å². The number of aliphatic hydroxyl groups excluding tert-OH is 1. The van der Waals surface area contributed by atoms with E-state index in [1.165, 1.54) is 0 Å². The van der Waals surface area contributed by atoms with E-state index in [4.69, 9.17) is 10.3 Å². The van der Waals surface area contributed by atoms with Gasteiger partial charge in [0.05, 0.1) is 12.6 Å². The Morgan fingerprint density at radius 3 is 2.79 bits per heavy atom. The summed E-state index contributed by atoms with van der Waals surface area (Å²) in [7, 11) is 0. The maximum absolute atomic E-state index is 9.25. The molecule has 0 spiro atoms. The van der Waals surface area contributed by atoms with Crippen molar-refractivity contribution in [2.24, 2.45) is 5.11 Å². The molecule has 0 aliphatic rings. The van der Waals surface area contributed by atoms with Crippen LogP contribution in [-0.2, 0) is 0 Å². The topological polar surface area (TPSA) is 78.2 Å². The van der Waals surface area contributed by atoms with Gasteiger partial charge in [0.1, 0.15) is 12.4 Å². The second-order valence-electron chi connectivity index (χ2n) is 2.69. The van der Waals surface area contributed by atoms with Crippen LogP contribution in [0.4, 0.5) is 0 Å². The predicted molar refractivity (Wildman–Crippen MR) is 52.0 cm³/mol. The summed E-state index contributed by atoms with van der Waals surface area (Å²) in [6, 6.07) is 9.15. The minimum atomic E-state index is -0.758. The summed E-state index contributed by atoms with van der Waals surface area (Å²) < 4.78 is 5.23. The molecule has 74 valence electrons. The summed E-state index contributed by atoms with van der Waals surface area (Å²) in [6.07, 6.45) is -0.758. The molecule has 1 N–H and O–H groups in total. The molecule has 0 heterocycles. The van der Waals surface area contributed by atoms with Crippen LogP contribution in [0.25, 0.3) is 10.4 Å². The highest BCUT2D eigenvalue weighted by molar-refractivity contribution is 5.20. The van der Waals surface area contributed by atoms with Crippen LogP contribution >= 0.6 is 0 Å². The van der Waals surface area contributed by atoms with E-state index in [9.17, 15) is 5.11 Å². The number of aliphatic hydroxyl groups is 1. The van der Waals surface area contributed by atoms with Crippen LogP contribution in [0.15, 0.2) is 35.4 Å². The van der Waals surface area contributed by atoms with Crippen molar-refractivity contribution in [3.05, 3.63) is 40.8 Å². The van der Waals surface area contributed by atoms with Gasteiger partial charge in [-0.3, -0.25) is 0 Å². The fraction of sp³-hybridized carbons (Fsp3) is 0.333. The first-order valence-corrected chi connectivity index (χ1v) is 4.19. The Morgan fingerprint density at radius 1 is 1.43 bits per heavy atom. The summed E-state index contributed by atoms with van der Waals surface area (Å²) >= 11 is 0. The second kappa shape index (κ2) is 5.85. The van der Waals surface area contributed by atoms with E-state index < -0.39 is 6.10 Å². The zero-order valence-corrected chi connectivity index (χ0v) is 7.58. The molecule has 1 atom stereocenters. The molecule has 0 aliphatic heterocycles. The third-order valence-corrected chi connectivity index (χ3v) is 1.54.